The number of urea groups is 1. The SMILES string of the molecule is CCNC(=O)NC(=O)C(C)OC(=O)c1cc(S(=O)(=O)N2CCc3ccccc3C2)ccc1Cl. The molecule has 0 saturated heterocycles. The number of nitrogens with zero attached hydrogens (tertiary/aromatic N) is 1. The first-order valence-electron chi connectivity index (χ1n) is 10.3. The van der Waals surface area contributed by atoms with Crippen LogP contribution in [-0.2, 0) is 32.5 Å². The maximum Gasteiger partial charge on any atom is 0.340 e. The van der Waals surface area contributed by atoms with Gasteiger partial charge in [0, 0.05) is 19.6 Å². The molecule has 1 heterocycles. The van der Waals surface area contributed by atoms with Crippen molar-refractivity contribution >= 4 is 39.5 Å². The van der Waals surface area contributed by atoms with Gasteiger partial charge in [-0.1, -0.05) is 35.9 Å². The summed E-state index contributed by atoms with van der Waals surface area (Å²) >= 11 is 6.11. The number of carbonyl (C=O) groups excluding carboxylic acids is 3. The van der Waals surface area contributed by atoms with Crippen LogP contribution in [0, 0.1) is 0 Å². The average Bonchev–Trinajstić information content (AvgIpc) is 2.78. The smallest absolute Gasteiger partial charge is 0.340 e. The summed E-state index contributed by atoms with van der Waals surface area (Å²) in [5, 5.41) is 4.39. The largest absolute Gasteiger partial charge is 0.449 e. The van der Waals surface area contributed by atoms with E-state index in [2.05, 4.69) is 5.32 Å². The summed E-state index contributed by atoms with van der Waals surface area (Å²) in [5.74, 6) is -1.82. The van der Waals surface area contributed by atoms with E-state index in [1.54, 1.807) is 6.92 Å². The molecule has 1 aliphatic rings. The first-order valence-corrected chi connectivity index (χ1v) is 12.1. The van der Waals surface area contributed by atoms with Gasteiger partial charge < -0.3 is 10.1 Å². The van der Waals surface area contributed by atoms with Crippen molar-refractivity contribution in [3.8, 4) is 0 Å². The molecule has 11 heteroatoms. The molecule has 3 amide bonds. The van der Waals surface area contributed by atoms with Crippen molar-refractivity contribution in [2.75, 3.05) is 13.1 Å². The highest BCUT2D eigenvalue weighted by Gasteiger charge is 2.30. The highest BCUT2D eigenvalue weighted by atomic mass is 35.5. The van der Waals surface area contributed by atoms with Crippen LogP contribution in [0.2, 0.25) is 5.02 Å². The lowest BCUT2D eigenvalue weighted by molar-refractivity contribution is -0.127. The molecule has 3 rings (SSSR count). The fraction of sp³-hybridized carbons (Fsp3) is 0.318. The summed E-state index contributed by atoms with van der Waals surface area (Å²) in [7, 11) is -3.91. The number of hydrogen-bond donors (Lipinski definition) is 2. The predicted octanol–water partition coefficient (Wildman–Crippen LogP) is 2.48. The van der Waals surface area contributed by atoms with Crippen LogP contribution in [0.15, 0.2) is 47.4 Å². The Morgan fingerprint density at radius 3 is 2.55 bits per heavy atom. The van der Waals surface area contributed by atoms with Crippen LogP contribution in [0.3, 0.4) is 0 Å². The monoisotopic (exact) mass is 493 g/mol. The summed E-state index contributed by atoms with van der Waals surface area (Å²) in [6, 6.07) is 10.6. The third-order valence-electron chi connectivity index (χ3n) is 5.12. The van der Waals surface area contributed by atoms with Gasteiger partial charge in [0.2, 0.25) is 10.0 Å². The average molecular weight is 494 g/mol. The number of benzene rings is 2. The lowest BCUT2D eigenvalue weighted by atomic mass is 10.0. The Kier molecular flexibility index (Phi) is 7.72. The molecule has 0 bridgehead atoms. The second-order valence-corrected chi connectivity index (χ2v) is 9.74. The van der Waals surface area contributed by atoms with Gasteiger partial charge in [-0.25, -0.2) is 18.0 Å². The quantitative estimate of drug-likeness (QED) is 0.596. The van der Waals surface area contributed by atoms with Gasteiger partial charge in [0.05, 0.1) is 15.5 Å². The highest BCUT2D eigenvalue weighted by Crippen LogP contribution is 2.28. The van der Waals surface area contributed by atoms with E-state index in [1.165, 1.54) is 23.4 Å². The summed E-state index contributed by atoms with van der Waals surface area (Å²) in [5.41, 5.74) is 1.82. The van der Waals surface area contributed by atoms with Crippen LogP contribution >= 0.6 is 11.6 Å². The third kappa shape index (κ3) is 5.70. The summed E-state index contributed by atoms with van der Waals surface area (Å²) in [6.45, 7) is 3.80. The number of hydrogen-bond acceptors (Lipinski definition) is 6. The minimum atomic E-state index is -3.91. The Labute approximate surface area is 197 Å². The summed E-state index contributed by atoms with van der Waals surface area (Å²) in [4.78, 5) is 36.0. The Morgan fingerprint density at radius 1 is 1.15 bits per heavy atom. The molecule has 0 aromatic heterocycles. The van der Waals surface area contributed by atoms with Crippen LogP contribution < -0.4 is 10.6 Å². The van der Waals surface area contributed by atoms with E-state index in [-0.39, 0.29) is 22.0 Å². The number of amides is 3. The molecule has 1 atom stereocenters. The van der Waals surface area contributed by atoms with E-state index in [0.717, 1.165) is 17.2 Å². The first kappa shape index (κ1) is 24.7. The molecule has 0 fully saturated rings. The van der Waals surface area contributed by atoms with Crippen molar-refractivity contribution in [1.29, 1.82) is 0 Å². The molecular formula is C22H24ClN3O6S. The molecule has 0 saturated carbocycles. The van der Waals surface area contributed by atoms with E-state index in [1.807, 2.05) is 29.6 Å². The third-order valence-corrected chi connectivity index (χ3v) is 7.29. The molecule has 1 aliphatic heterocycles. The standard InChI is InChI=1S/C22H24ClN3O6S/c1-3-24-22(29)25-20(27)14(2)32-21(28)18-12-17(8-9-19(18)23)33(30,31)26-11-10-15-6-4-5-7-16(15)13-26/h4-9,12,14H,3,10-11,13H2,1-2H3,(H2,24,25,27,29). The Morgan fingerprint density at radius 2 is 1.85 bits per heavy atom. The zero-order valence-corrected chi connectivity index (χ0v) is 19.7. The molecule has 1 unspecified atom stereocenters. The maximum absolute atomic E-state index is 13.2. The first-order chi connectivity index (χ1) is 15.6. The van der Waals surface area contributed by atoms with Crippen LogP contribution in [0.5, 0.6) is 0 Å². The fourth-order valence-corrected chi connectivity index (χ4v) is 4.98. The lowest BCUT2D eigenvalue weighted by Gasteiger charge is -2.28. The molecule has 0 spiro atoms. The van der Waals surface area contributed by atoms with Gasteiger partial charge in [-0.3, -0.25) is 10.1 Å². The molecule has 0 aliphatic carbocycles. The van der Waals surface area contributed by atoms with Crippen molar-refractivity contribution in [2.45, 2.75) is 37.8 Å². The van der Waals surface area contributed by atoms with E-state index in [0.29, 0.717) is 19.5 Å². The van der Waals surface area contributed by atoms with Crippen LogP contribution in [0.25, 0.3) is 0 Å². The molecule has 0 radical (unpaired) electrons. The van der Waals surface area contributed by atoms with Gasteiger partial charge in [-0.15, -0.1) is 0 Å². The number of rotatable bonds is 6. The normalized spacial score (nSPS) is 14.6. The molecule has 33 heavy (non-hydrogen) atoms. The minimum absolute atomic E-state index is 0.0285. The predicted molar refractivity (Wildman–Crippen MR) is 121 cm³/mol. The van der Waals surface area contributed by atoms with Gasteiger partial charge in [-0.2, -0.15) is 4.31 Å². The van der Waals surface area contributed by atoms with Gasteiger partial charge in [-0.05, 0) is 49.6 Å². The molecule has 2 aromatic rings. The van der Waals surface area contributed by atoms with Crippen molar-refractivity contribution in [2.24, 2.45) is 0 Å². The molecule has 2 aromatic carbocycles. The number of halogens is 1. The molecule has 9 nitrogen and oxygen atoms in total. The fourth-order valence-electron chi connectivity index (χ4n) is 3.34. The number of sulfonamides is 1. The Balaban J connectivity index is 1.77. The van der Waals surface area contributed by atoms with Gasteiger partial charge in [0.25, 0.3) is 5.91 Å². The van der Waals surface area contributed by atoms with Crippen molar-refractivity contribution in [3.05, 3.63) is 64.2 Å². The van der Waals surface area contributed by atoms with Crippen molar-refractivity contribution in [3.63, 3.8) is 0 Å². The van der Waals surface area contributed by atoms with E-state index in [4.69, 9.17) is 16.3 Å². The maximum atomic E-state index is 13.2. The number of carbonyl (C=O) groups is 3. The molecule has 176 valence electrons. The zero-order valence-electron chi connectivity index (χ0n) is 18.1. The molecule has 2 N–H and O–H groups in total. The van der Waals surface area contributed by atoms with Crippen molar-refractivity contribution in [1.82, 2.24) is 14.9 Å². The number of nitrogens with one attached hydrogen (secondary N) is 2. The van der Waals surface area contributed by atoms with Crippen LogP contribution in [0.1, 0.15) is 35.3 Å². The van der Waals surface area contributed by atoms with E-state index in [9.17, 15) is 22.8 Å². The van der Waals surface area contributed by atoms with Gasteiger partial charge in [0.1, 0.15) is 0 Å². The van der Waals surface area contributed by atoms with Gasteiger partial charge in [0.15, 0.2) is 6.10 Å². The number of imide groups is 1. The van der Waals surface area contributed by atoms with Crippen LogP contribution in [0.4, 0.5) is 4.79 Å². The van der Waals surface area contributed by atoms with E-state index >= 15 is 0 Å². The highest BCUT2D eigenvalue weighted by molar-refractivity contribution is 7.89. The number of ether oxygens (including phenoxy) is 1. The summed E-state index contributed by atoms with van der Waals surface area (Å²) < 4.78 is 32.9. The van der Waals surface area contributed by atoms with Crippen LogP contribution in [-0.4, -0.2) is 49.8 Å². The zero-order chi connectivity index (χ0) is 24.2. The topological polar surface area (TPSA) is 122 Å². The van der Waals surface area contributed by atoms with E-state index < -0.39 is 34.0 Å². The Hall–Kier alpha value is -2.95. The lowest BCUT2D eigenvalue weighted by Crippen LogP contribution is -2.44. The van der Waals surface area contributed by atoms with Gasteiger partial charge >= 0.3 is 12.0 Å². The second kappa shape index (κ2) is 10.3. The molecular weight excluding hydrogens is 470 g/mol. The Bertz CT molecular complexity index is 1180. The summed E-state index contributed by atoms with van der Waals surface area (Å²) in [6.07, 6.45) is -0.731. The minimum Gasteiger partial charge on any atom is -0.449 e. The number of fused-ring (bicyclic) bond motifs is 1. The number of esters is 1. The second-order valence-electron chi connectivity index (χ2n) is 7.40. The van der Waals surface area contributed by atoms with Crippen molar-refractivity contribution < 1.29 is 27.5 Å².